The molecule has 1 aliphatic heterocycles. The number of aliphatic hydroxyl groups excluding tert-OH is 1. The highest BCUT2D eigenvalue weighted by Crippen LogP contribution is 2.42. The number of halogens is 3. The molecular weight excluding hydrogens is 528 g/mol. The van der Waals surface area contributed by atoms with Crippen LogP contribution in [0.3, 0.4) is 0 Å². The van der Waals surface area contributed by atoms with Crippen LogP contribution in [0.4, 0.5) is 14.5 Å². The number of fused-ring (bicyclic) bond motifs is 1. The quantitative estimate of drug-likeness (QED) is 0.398. The van der Waals surface area contributed by atoms with Crippen LogP contribution in [0.25, 0.3) is 0 Å². The Kier molecular flexibility index (Phi) is 7.80. The Morgan fingerprint density at radius 3 is 2.54 bits per heavy atom. The molecule has 39 heavy (non-hydrogen) atoms. The van der Waals surface area contributed by atoms with Crippen LogP contribution in [-0.4, -0.2) is 41.5 Å². The fourth-order valence-corrected chi connectivity index (χ4v) is 5.67. The van der Waals surface area contributed by atoms with Crippen molar-refractivity contribution < 1.29 is 33.3 Å². The van der Waals surface area contributed by atoms with E-state index >= 15 is 4.39 Å². The zero-order valence-corrected chi connectivity index (χ0v) is 22.3. The molecule has 2 aliphatic rings. The fourth-order valence-electron chi connectivity index (χ4n) is 5.51. The van der Waals surface area contributed by atoms with Crippen LogP contribution < -0.4 is 14.4 Å². The number of methoxy groups -OCH3 is 1. The molecule has 0 unspecified atom stereocenters. The van der Waals surface area contributed by atoms with Crippen molar-refractivity contribution in [1.29, 1.82) is 0 Å². The number of amides is 1. The molecule has 0 saturated heterocycles. The summed E-state index contributed by atoms with van der Waals surface area (Å²) >= 11 is 5.86. The van der Waals surface area contributed by atoms with Gasteiger partial charge in [0.05, 0.1) is 25.4 Å². The molecule has 3 atom stereocenters. The van der Waals surface area contributed by atoms with Gasteiger partial charge in [-0.15, -0.1) is 0 Å². The lowest BCUT2D eigenvalue weighted by atomic mass is 9.74. The molecule has 0 radical (unpaired) electrons. The highest BCUT2D eigenvalue weighted by molar-refractivity contribution is 6.30. The van der Waals surface area contributed by atoms with Gasteiger partial charge in [0.1, 0.15) is 35.3 Å². The number of aliphatic hydroxyl groups is 2. The van der Waals surface area contributed by atoms with Crippen LogP contribution in [0.5, 0.6) is 11.5 Å². The van der Waals surface area contributed by atoms with Crippen LogP contribution in [-0.2, 0) is 17.8 Å². The van der Waals surface area contributed by atoms with E-state index in [-0.39, 0.29) is 49.9 Å². The first-order valence-corrected chi connectivity index (χ1v) is 13.3. The lowest BCUT2D eigenvalue weighted by Crippen LogP contribution is -2.51. The van der Waals surface area contributed by atoms with E-state index < -0.39 is 23.3 Å². The third kappa shape index (κ3) is 5.60. The van der Waals surface area contributed by atoms with Crippen LogP contribution in [0.15, 0.2) is 54.6 Å². The van der Waals surface area contributed by atoms with Crippen LogP contribution in [0.1, 0.15) is 48.3 Å². The molecule has 6 nitrogen and oxygen atoms in total. The Labute approximate surface area is 230 Å². The molecule has 1 saturated carbocycles. The van der Waals surface area contributed by atoms with Gasteiger partial charge >= 0.3 is 0 Å². The Bertz CT molecular complexity index is 1370. The normalized spacial score (nSPS) is 22.9. The number of rotatable bonds is 7. The van der Waals surface area contributed by atoms with E-state index in [9.17, 15) is 19.4 Å². The maximum Gasteiger partial charge on any atom is 0.227 e. The van der Waals surface area contributed by atoms with Gasteiger partial charge < -0.3 is 24.6 Å². The summed E-state index contributed by atoms with van der Waals surface area (Å²) in [5.41, 5.74) is 0.408. The van der Waals surface area contributed by atoms with Crippen molar-refractivity contribution in [2.45, 2.75) is 56.3 Å². The molecule has 0 aromatic heterocycles. The van der Waals surface area contributed by atoms with Crippen molar-refractivity contribution in [3.63, 3.8) is 0 Å². The number of carbonyl (C=O) groups is 1. The van der Waals surface area contributed by atoms with Gasteiger partial charge in [-0.25, -0.2) is 8.78 Å². The summed E-state index contributed by atoms with van der Waals surface area (Å²) in [6.45, 7) is -0.0457. The van der Waals surface area contributed by atoms with E-state index in [4.69, 9.17) is 21.1 Å². The molecule has 3 aromatic rings. The first-order chi connectivity index (χ1) is 18.7. The second-order valence-electron chi connectivity index (χ2n) is 10.2. The smallest absolute Gasteiger partial charge is 0.227 e. The molecule has 1 heterocycles. The van der Waals surface area contributed by atoms with E-state index in [0.717, 1.165) is 5.56 Å². The molecule has 1 aliphatic carbocycles. The van der Waals surface area contributed by atoms with Gasteiger partial charge in [-0.2, -0.15) is 0 Å². The summed E-state index contributed by atoms with van der Waals surface area (Å²) in [5.74, 6) is -0.412. The van der Waals surface area contributed by atoms with Crippen molar-refractivity contribution in [1.82, 2.24) is 0 Å². The maximum atomic E-state index is 15.1. The summed E-state index contributed by atoms with van der Waals surface area (Å²) in [4.78, 5) is 14.2. The predicted molar refractivity (Wildman–Crippen MR) is 143 cm³/mol. The SMILES string of the molecule is COc1ccc(CN2C(=O)CCc3c(OC[C@]4(O)CC[C@@H](c5ccc(Cl)cc5F)C[C@H]4O)ccc(F)c32)cc1. The van der Waals surface area contributed by atoms with E-state index in [2.05, 4.69) is 0 Å². The summed E-state index contributed by atoms with van der Waals surface area (Å²) < 4.78 is 40.7. The lowest BCUT2D eigenvalue weighted by molar-refractivity contribution is -0.125. The monoisotopic (exact) mass is 557 g/mol. The second-order valence-corrected chi connectivity index (χ2v) is 10.7. The van der Waals surface area contributed by atoms with Gasteiger partial charge in [0.25, 0.3) is 0 Å². The van der Waals surface area contributed by atoms with Crippen LogP contribution in [0.2, 0.25) is 5.02 Å². The average molecular weight is 558 g/mol. The minimum Gasteiger partial charge on any atom is -0.497 e. The summed E-state index contributed by atoms with van der Waals surface area (Å²) in [5, 5.41) is 22.4. The molecule has 1 amide bonds. The molecule has 5 rings (SSSR count). The van der Waals surface area contributed by atoms with Crippen molar-refractivity contribution in [2.24, 2.45) is 0 Å². The van der Waals surface area contributed by atoms with Gasteiger partial charge in [0, 0.05) is 17.0 Å². The minimum atomic E-state index is -1.56. The van der Waals surface area contributed by atoms with E-state index in [1.54, 1.807) is 31.4 Å². The molecule has 3 aromatic carbocycles. The summed E-state index contributed by atoms with van der Waals surface area (Å²) in [6, 6.07) is 14.4. The largest absolute Gasteiger partial charge is 0.497 e. The third-order valence-corrected chi connectivity index (χ3v) is 8.02. The maximum absolute atomic E-state index is 15.1. The number of carbonyl (C=O) groups excluding carboxylic acids is 1. The predicted octanol–water partition coefficient (Wildman–Crippen LogP) is 5.54. The highest BCUT2D eigenvalue weighted by Gasteiger charge is 2.43. The average Bonchev–Trinajstić information content (AvgIpc) is 2.92. The Morgan fingerprint density at radius 1 is 1.08 bits per heavy atom. The van der Waals surface area contributed by atoms with Crippen molar-refractivity contribution >= 4 is 23.2 Å². The molecule has 206 valence electrons. The summed E-state index contributed by atoms with van der Waals surface area (Å²) in [6.07, 6.45) is 0.108. The number of hydrogen-bond donors (Lipinski definition) is 2. The number of nitrogens with zero attached hydrogens (tertiary/aromatic N) is 1. The van der Waals surface area contributed by atoms with Crippen molar-refractivity contribution in [2.75, 3.05) is 18.6 Å². The van der Waals surface area contributed by atoms with E-state index in [1.165, 1.54) is 23.1 Å². The number of ether oxygens (including phenoxy) is 2. The Balaban J connectivity index is 1.32. The molecule has 0 bridgehead atoms. The van der Waals surface area contributed by atoms with Gasteiger partial charge in [0.2, 0.25) is 5.91 Å². The van der Waals surface area contributed by atoms with E-state index in [1.807, 2.05) is 12.1 Å². The lowest BCUT2D eigenvalue weighted by Gasteiger charge is -2.40. The number of anilines is 1. The van der Waals surface area contributed by atoms with Gasteiger partial charge in [-0.1, -0.05) is 29.8 Å². The zero-order valence-electron chi connectivity index (χ0n) is 21.5. The zero-order chi connectivity index (χ0) is 27.7. The highest BCUT2D eigenvalue weighted by atomic mass is 35.5. The van der Waals surface area contributed by atoms with Gasteiger partial charge in [0.15, 0.2) is 0 Å². The first-order valence-electron chi connectivity index (χ1n) is 12.9. The van der Waals surface area contributed by atoms with Crippen molar-refractivity contribution in [3.8, 4) is 11.5 Å². The molecule has 1 fully saturated rings. The molecule has 9 heteroatoms. The van der Waals surface area contributed by atoms with Crippen molar-refractivity contribution in [3.05, 3.63) is 87.9 Å². The standard InChI is InChI=1S/C30H30ClF2NO5/c1-38-21-5-2-18(3-6-21)16-34-28(36)11-8-23-26(10-9-24(32)29(23)34)39-17-30(37)13-12-19(14-27(30)35)22-7-4-20(31)15-25(22)33/h2-7,9-10,15,19,27,35,37H,8,11-14,16-17H2,1H3/t19-,27-,30-/m1/s1. The van der Waals surface area contributed by atoms with Gasteiger partial charge in [-0.3, -0.25) is 4.79 Å². The van der Waals surface area contributed by atoms with Crippen LogP contribution >= 0.6 is 11.6 Å². The second kappa shape index (κ2) is 11.1. The number of hydrogen-bond acceptors (Lipinski definition) is 5. The third-order valence-electron chi connectivity index (χ3n) is 7.78. The molecule has 0 spiro atoms. The topological polar surface area (TPSA) is 79.2 Å². The summed E-state index contributed by atoms with van der Waals surface area (Å²) in [7, 11) is 1.57. The molecular formula is C30H30ClF2NO5. The van der Waals surface area contributed by atoms with Gasteiger partial charge in [-0.05, 0) is 79.1 Å². The van der Waals surface area contributed by atoms with Crippen LogP contribution in [0, 0.1) is 11.6 Å². The Morgan fingerprint density at radius 2 is 1.85 bits per heavy atom. The minimum absolute atomic E-state index is 0.157. The Hall–Kier alpha value is -3.20. The first kappa shape index (κ1) is 27.4. The number of benzene rings is 3. The molecule has 2 N–H and O–H groups in total. The fraction of sp³-hybridized carbons (Fsp3) is 0.367. The van der Waals surface area contributed by atoms with E-state index in [0.29, 0.717) is 40.5 Å².